The Kier molecular flexibility index (Phi) is 3.10. The van der Waals surface area contributed by atoms with E-state index in [9.17, 15) is 4.79 Å². The summed E-state index contributed by atoms with van der Waals surface area (Å²) in [5, 5.41) is 8.61. The van der Waals surface area contributed by atoms with E-state index >= 15 is 0 Å². The molecule has 0 bridgehead atoms. The van der Waals surface area contributed by atoms with E-state index in [0.717, 1.165) is 32.1 Å². The first kappa shape index (κ1) is 10.6. The Balaban J connectivity index is 2.21. The number of aldehydes is 1. The molecule has 1 unspecified atom stereocenters. The molecule has 16 heavy (non-hydrogen) atoms. The molecule has 1 aromatic rings. The second-order valence-corrected chi connectivity index (χ2v) is 3.76. The summed E-state index contributed by atoms with van der Waals surface area (Å²) in [6.07, 6.45) is 6.95. The van der Waals surface area contributed by atoms with E-state index in [1.165, 1.54) is 6.20 Å². The maximum atomic E-state index is 10.9. The van der Waals surface area contributed by atoms with Crippen LogP contribution >= 0.6 is 0 Å². The molecule has 1 aliphatic rings. The Morgan fingerprint density at radius 2 is 2.31 bits per heavy atom. The van der Waals surface area contributed by atoms with Gasteiger partial charge in [-0.3, -0.25) is 0 Å². The highest BCUT2D eigenvalue weighted by Gasteiger charge is 2.22. The fourth-order valence-corrected chi connectivity index (χ4v) is 1.91. The fourth-order valence-electron chi connectivity index (χ4n) is 1.91. The molecule has 0 N–H and O–H groups in total. The third-order valence-corrected chi connectivity index (χ3v) is 2.75. The van der Waals surface area contributed by atoms with Gasteiger partial charge in [-0.15, -0.1) is 0 Å². The van der Waals surface area contributed by atoms with Crippen molar-refractivity contribution in [1.82, 2.24) is 9.97 Å². The SMILES string of the molecule is N#Cc1cnc(N2CCCCC2C=O)cn1. The van der Waals surface area contributed by atoms with Gasteiger partial charge in [-0.2, -0.15) is 5.26 Å². The molecule has 1 aromatic heterocycles. The molecule has 1 aliphatic heterocycles. The number of nitriles is 1. The number of aromatic nitrogens is 2. The van der Waals surface area contributed by atoms with Crippen LogP contribution in [0.2, 0.25) is 0 Å². The van der Waals surface area contributed by atoms with Crippen molar-refractivity contribution in [3.63, 3.8) is 0 Å². The molecule has 0 aliphatic carbocycles. The van der Waals surface area contributed by atoms with Crippen LogP contribution in [0.25, 0.3) is 0 Å². The molecule has 1 saturated heterocycles. The Morgan fingerprint density at radius 3 is 2.94 bits per heavy atom. The summed E-state index contributed by atoms with van der Waals surface area (Å²) >= 11 is 0. The predicted molar refractivity (Wildman–Crippen MR) is 57.8 cm³/mol. The molecule has 0 spiro atoms. The number of nitrogens with zero attached hydrogens (tertiary/aromatic N) is 4. The lowest BCUT2D eigenvalue weighted by Gasteiger charge is -2.32. The van der Waals surface area contributed by atoms with Crippen LogP contribution in [-0.4, -0.2) is 28.8 Å². The van der Waals surface area contributed by atoms with Gasteiger partial charge in [0, 0.05) is 6.54 Å². The molecule has 0 aromatic carbocycles. The summed E-state index contributed by atoms with van der Waals surface area (Å²) in [4.78, 5) is 21.0. The molecular formula is C11H12N4O. The molecule has 5 heteroatoms. The first-order valence-electron chi connectivity index (χ1n) is 5.29. The highest BCUT2D eigenvalue weighted by Crippen LogP contribution is 2.21. The lowest BCUT2D eigenvalue weighted by atomic mass is 10.0. The zero-order valence-corrected chi connectivity index (χ0v) is 8.83. The Morgan fingerprint density at radius 1 is 1.44 bits per heavy atom. The molecule has 5 nitrogen and oxygen atoms in total. The summed E-state index contributed by atoms with van der Waals surface area (Å²) in [7, 11) is 0. The van der Waals surface area contributed by atoms with Crippen molar-refractivity contribution in [3.05, 3.63) is 18.1 Å². The number of anilines is 1. The average molecular weight is 216 g/mol. The molecule has 0 radical (unpaired) electrons. The number of hydrogen-bond acceptors (Lipinski definition) is 5. The molecule has 1 fully saturated rings. The van der Waals surface area contributed by atoms with E-state index in [4.69, 9.17) is 5.26 Å². The largest absolute Gasteiger partial charge is 0.346 e. The summed E-state index contributed by atoms with van der Waals surface area (Å²) < 4.78 is 0. The van der Waals surface area contributed by atoms with Gasteiger partial charge in [0.25, 0.3) is 0 Å². The zero-order chi connectivity index (χ0) is 11.4. The minimum Gasteiger partial charge on any atom is -0.346 e. The van der Waals surface area contributed by atoms with E-state index in [0.29, 0.717) is 11.5 Å². The van der Waals surface area contributed by atoms with Crippen LogP contribution in [0.1, 0.15) is 25.0 Å². The van der Waals surface area contributed by atoms with Gasteiger partial charge in [0.2, 0.25) is 0 Å². The van der Waals surface area contributed by atoms with E-state index in [1.54, 1.807) is 6.20 Å². The Bertz CT molecular complexity index is 409. The molecule has 2 heterocycles. The van der Waals surface area contributed by atoms with E-state index in [-0.39, 0.29) is 6.04 Å². The van der Waals surface area contributed by atoms with Gasteiger partial charge in [-0.25, -0.2) is 9.97 Å². The summed E-state index contributed by atoms with van der Waals surface area (Å²) in [6, 6.07) is 1.82. The minimum atomic E-state index is -0.101. The third kappa shape index (κ3) is 2.01. The molecule has 1 atom stereocenters. The van der Waals surface area contributed by atoms with Crippen molar-refractivity contribution in [2.24, 2.45) is 0 Å². The summed E-state index contributed by atoms with van der Waals surface area (Å²) in [5.74, 6) is 0.677. The third-order valence-electron chi connectivity index (χ3n) is 2.75. The topological polar surface area (TPSA) is 69.9 Å². The van der Waals surface area contributed by atoms with Crippen LogP contribution in [-0.2, 0) is 4.79 Å². The fraction of sp³-hybridized carbons (Fsp3) is 0.455. The average Bonchev–Trinajstić information content (AvgIpc) is 2.39. The minimum absolute atomic E-state index is 0.101. The standard InChI is InChI=1S/C11H12N4O/c12-5-9-6-14-11(7-13-9)15-4-2-1-3-10(15)8-16/h6-8,10H,1-4H2. The van der Waals surface area contributed by atoms with E-state index in [1.807, 2.05) is 11.0 Å². The van der Waals surface area contributed by atoms with Gasteiger partial charge in [-0.1, -0.05) is 0 Å². The Labute approximate surface area is 93.7 Å². The van der Waals surface area contributed by atoms with Crippen LogP contribution in [0.4, 0.5) is 5.82 Å². The second-order valence-electron chi connectivity index (χ2n) is 3.76. The number of carbonyl (C=O) groups excluding carboxylic acids is 1. The summed E-state index contributed by atoms with van der Waals surface area (Å²) in [6.45, 7) is 0.823. The van der Waals surface area contributed by atoms with Crippen LogP contribution in [0, 0.1) is 11.3 Å². The van der Waals surface area contributed by atoms with Crippen LogP contribution in [0.15, 0.2) is 12.4 Å². The smallest absolute Gasteiger partial charge is 0.158 e. The normalized spacial score (nSPS) is 20.2. The van der Waals surface area contributed by atoms with Crippen LogP contribution < -0.4 is 4.90 Å². The van der Waals surface area contributed by atoms with Gasteiger partial charge in [-0.05, 0) is 19.3 Å². The predicted octanol–water partition coefficient (Wildman–Crippen LogP) is 0.906. The van der Waals surface area contributed by atoms with E-state index in [2.05, 4.69) is 9.97 Å². The van der Waals surface area contributed by atoms with Crippen molar-refractivity contribution in [2.75, 3.05) is 11.4 Å². The number of hydrogen-bond donors (Lipinski definition) is 0. The monoisotopic (exact) mass is 216 g/mol. The van der Waals surface area contributed by atoms with Gasteiger partial charge >= 0.3 is 0 Å². The van der Waals surface area contributed by atoms with E-state index < -0.39 is 0 Å². The van der Waals surface area contributed by atoms with Crippen LogP contribution in [0.3, 0.4) is 0 Å². The zero-order valence-electron chi connectivity index (χ0n) is 8.83. The van der Waals surface area contributed by atoms with Crippen molar-refractivity contribution in [3.8, 4) is 6.07 Å². The summed E-state index contributed by atoms with van der Waals surface area (Å²) in [5.41, 5.74) is 0.295. The first-order valence-corrected chi connectivity index (χ1v) is 5.29. The number of carbonyl (C=O) groups is 1. The van der Waals surface area contributed by atoms with Crippen molar-refractivity contribution >= 4 is 12.1 Å². The second kappa shape index (κ2) is 4.71. The first-order chi connectivity index (χ1) is 7.85. The Hall–Kier alpha value is -1.96. The lowest BCUT2D eigenvalue weighted by molar-refractivity contribution is -0.109. The van der Waals surface area contributed by atoms with Crippen molar-refractivity contribution in [2.45, 2.75) is 25.3 Å². The maximum absolute atomic E-state index is 10.9. The highest BCUT2D eigenvalue weighted by atomic mass is 16.1. The number of rotatable bonds is 2. The molecular weight excluding hydrogens is 204 g/mol. The van der Waals surface area contributed by atoms with Gasteiger partial charge in [0.05, 0.1) is 18.4 Å². The van der Waals surface area contributed by atoms with Gasteiger partial charge < -0.3 is 9.69 Å². The molecule has 0 saturated carbocycles. The van der Waals surface area contributed by atoms with Crippen molar-refractivity contribution < 1.29 is 4.79 Å². The maximum Gasteiger partial charge on any atom is 0.158 e. The lowest BCUT2D eigenvalue weighted by Crippen LogP contribution is -2.41. The highest BCUT2D eigenvalue weighted by molar-refractivity contribution is 5.64. The van der Waals surface area contributed by atoms with Gasteiger partial charge in [0.1, 0.15) is 18.2 Å². The molecule has 2 rings (SSSR count). The van der Waals surface area contributed by atoms with Gasteiger partial charge in [0.15, 0.2) is 5.69 Å². The van der Waals surface area contributed by atoms with Crippen LogP contribution in [0.5, 0.6) is 0 Å². The number of piperidine rings is 1. The quantitative estimate of drug-likeness (QED) is 0.687. The van der Waals surface area contributed by atoms with Crippen molar-refractivity contribution in [1.29, 1.82) is 5.26 Å². The molecule has 0 amide bonds. The molecule has 82 valence electrons.